The first-order valence-electron chi connectivity index (χ1n) is 5.53. The van der Waals surface area contributed by atoms with Crippen LogP contribution in [-0.2, 0) is 0 Å². The summed E-state index contributed by atoms with van der Waals surface area (Å²) in [5, 5.41) is 3.98. The van der Waals surface area contributed by atoms with Gasteiger partial charge in [-0.05, 0) is 37.5 Å². The van der Waals surface area contributed by atoms with Gasteiger partial charge >= 0.3 is 0 Å². The molecule has 1 unspecified atom stereocenters. The summed E-state index contributed by atoms with van der Waals surface area (Å²) in [4.78, 5) is 0. The van der Waals surface area contributed by atoms with Gasteiger partial charge in [-0.3, -0.25) is 0 Å². The van der Waals surface area contributed by atoms with E-state index in [9.17, 15) is 4.39 Å². The van der Waals surface area contributed by atoms with Crippen LogP contribution in [0.5, 0.6) is 0 Å². The van der Waals surface area contributed by atoms with Gasteiger partial charge in [-0.1, -0.05) is 29.8 Å². The molecule has 1 aromatic carbocycles. The van der Waals surface area contributed by atoms with Crippen molar-refractivity contribution in [3.8, 4) is 0 Å². The van der Waals surface area contributed by atoms with E-state index in [1.165, 1.54) is 12.1 Å². The molecule has 0 amide bonds. The van der Waals surface area contributed by atoms with Gasteiger partial charge in [0.1, 0.15) is 5.82 Å². The monoisotopic (exact) mass is 239 g/mol. The fourth-order valence-electron chi connectivity index (χ4n) is 2.05. The minimum atomic E-state index is -0.288. The molecular formula is C13H15ClFN. The van der Waals surface area contributed by atoms with Crippen LogP contribution in [0.2, 0.25) is 5.02 Å². The topological polar surface area (TPSA) is 12.0 Å². The standard InChI is InChI=1S/C13H15ClFN/c1-9(16-11-4-2-3-5-11)12-7-6-10(15)8-13(12)14/h2-3,6-9,11,16H,4-5H2,1H3. The molecule has 0 aliphatic heterocycles. The van der Waals surface area contributed by atoms with Crippen LogP contribution in [0.25, 0.3) is 0 Å². The van der Waals surface area contributed by atoms with Crippen LogP contribution in [0.1, 0.15) is 31.4 Å². The van der Waals surface area contributed by atoms with E-state index in [0.717, 1.165) is 18.4 Å². The van der Waals surface area contributed by atoms with E-state index in [-0.39, 0.29) is 11.9 Å². The van der Waals surface area contributed by atoms with Crippen molar-refractivity contribution >= 4 is 11.6 Å². The molecule has 16 heavy (non-hydrogen) atoms. The van der Waals surface area contributed by atoms with Crippen molar-refractivity contribution in [1.29, 1.82) is 0 Å². The first kappa shape index (κ1) is 11.6. The van der Waals surface area contributed by atoms with E-state index < -0.39 is 0 Å². The summed E-state index contributed by atoms with van der Waals surface area (Å²) in [5.41, 5.74) is 0.954. The second-order valence-electron chi connectivity index (χ2n) is 4.19. The van der Waals surface area contributed by atoms with Gasteiger partial charge in [0.25, 0.3) is 0 Å². The van der Waals surface area contributed by atoms with Crippen molar-refractivity contribution in [3.05, 3.63) is 46.8 Å². The highest BCUT2D eigenvalue weighted by molar-refractivity contribution is 6.31. The average Bonchev–Trinajstić information content (AvgIpc) is 2.70. The second-order valence-corrected chi connectivity index (χ2v) is 4.60. The lowest BCUT2D eigenvalue weighted by Crippen LogP contribution is -2.29. The lowest BCUT2D eigenvalue weighted by Gasteiger charge is -2.20. The normalized spacial score (nSPS) is 17.9. The Kier molecular flexibility index (Phi) is 3.62. The van der Waals surface area contributed by atoms with Crippen molar-refractivity contribution in [2.24, 2.45) is 0 Å². The van der Waals surface area contributed by atoms with Crippen molar-refractivity contribution in [3.63, 3.8) is 0 Å². The maximum atomic E-state index is 12.9. The molecule has 0 radical (unpaired) electrons. The van der Waals surface area contributed by atoms with E-state index in [2.05, 4.69) is 24.4 Å². The van der Waals surface area contributed by atoms with Gasteiger partial charge in [-0.15, -0.1) is 0 Å². The second kappa shape index (κ2) is 4.98. The highest BCUT2D eigenvalue weighted by Gasteiger charge is 2.16. The van der Waals surface area contributed by atoms with Crippen molar-refractivity contribution in [2.45, 2.75) is 31.8 Å². The van der Waals surface area contributed by atoms with Crippen LogP contribution >= 0.6 is 11.6 Å². The molecule has 0 aromatic heterocycles. The molecule has 1 aliphatic carbocycles. The Hall–Kier alpha value is -0.860. The van der Waals surface area contributed by atoms with Gasteiger partial charge in [0.2, 0.25) is 0 Å². The molecule has 2 rings (SSSR count). The zero-order chi connectivity index (χ0) is 11.5. The summed E-state index contributed by atoms with van der Waals surface area (Å²) < 4.78 is 12.9. The summed E-state index contributed by atoms with van der Waals surface area (Å²) >= 11 is 6.01. The van der Waals surface area contributed by atoms with Gasteiger partial charge < -0.3 is 5.32 Å². The lowest BCUT2D eigenvalue weighted by molar-refractivity contribution is 0.471. The Morgan fingerprint density at radius 3 is 2.69 bits per heavy atom. The molecule has 1 aromatic rings. The fourth-order valence-corrected chi connectivity index (χ4v) is 2.38. The highest BCUT2D eigenvalue weighted by atomic mass is 35.5. The molecule has 86 valence electrons. The highest BCUT2D eigenvalue weighted by Crippen LogP contribution is 2.25. The van der Waals surface area contributed by atoms with Crippen LogP contribution < -0.4 is 5.32 Å². The predicted molar refractivity (Wildman–Crippen MR) is 65.1 cm³/mol. The van der Waals surface area contributed by atoms with Crippen LogP contribution in [-0.4, -0.2) is 6.04 Å². The minimum absolute atomic E-state index is 0.151. The molecule has 1 N–H and O–H groups in total. The van der Waals surface area contributed by atoms with E-state index in [1.807, 2.05) is 0 Å². The third kappa shape index (κ3) is 2.63. The molecule has 0 heterocycles. The minimum Gasteiger partial charge on any atom is -0.307 e. The van der Waals surface area contributed by atoms with E-state index >= 15 is 0 Å². The molecule has 0 saturated heterocycles. The van der Waals surface area contributed by atoms with Gasteiger partial charge in [0, 0.05) is 17.1 Å². The van der Waals surface area contributed by atoms with Crippen LogP contribution in [0, 0.1) is 5.82 Å². The predicted octanol–water partition coefficient (Wildman–Crippen LogP) is 3.85. The molecule has 0 saturated carbocycles. The number of hydrogen-bond acceptors (Lipinski definition) is 1. The van der Waals surface area contributed by atoms with E-state index in [0.29, 0.717) is 11.1 Å². The fraction of sp³-hybridized carbons (Fsp3) is 0.385. The number of nitrogens with one attached hydrogen (secondary N) is 1. The summed E-state index contributed by atoms with van der Waals surface area (Å²) in [6.45, 7) is 2.05. The van der Waals surface area contributed by atoms with Gasteiger partial charge in [0.15, 0.2) is 0 Å². The molecule has 3 heteroatoms. The van der Waals surface area contributed by atoms with Crippen LogP contribution in [0.3, 0.4) is 0 Å². The van der Waals surface area contributed by atoms with Gasteiger partial charge in [-0.2, -0.15) is 0 Å². The third-order valence-corrected chi connectivity index (χ3v) is 3.25. The Labute approximate surface area is 100 Å². The van der Waals surface area contributed by atoms with Crippen LogP contribution in [0.15, 0.2) is 30.4 Å². The molecule has 1 aliphatic rings. The largest absolute Gasteiger partial charge is 0.307 e. The average molecular weight is 240 g/mol. The molecule has 0 fully saturated rings. The Balaban J connectivity index is 2.05. The van der Waals surface area contributed by atoms with Gasteiger partial charge in [-0.25, -0.2) is 4.39 Å². The first-order valence-corrected chi connectivity index (χ1v) is 5.90. The lowest BCUT2D eigenvalue weighted by atomic mass is 10.1. The smallest absolute Gasteiger partial charge is 0.124 e. The number of benzene rings is 1. The Morgan fingerprint density at radius 2 is 2.06 bits per heavy atom. The van der Waals surface area contributed by atoms with Crippen LogP contribution in [0.4, 0.5) is 4.39 Å². The zero-order valence-corrected chi connectivity index (χ0v) is 9.97. The Bertz CT molecular complexity index is 395. The zero-order valence-electron chi connectivity index (χ0n) is 9.21. The maximum absolute atomic E-state index is 12.9. The quantitative estimate of drug-likeness (QED) is 0.790. The maximum Gasteiger partial charge on any atom is 0.124 e. The first-order chi connectivity index (χ1) is 7.66. The number of hydrogen-bond donors (Lipinski definition) is 1. The number of rotatable bonds is 3. The van der Waals surface area contributed by atoms with Crippen molar-refractivity contribution in [1.82, 2.24) is 5.32 Å². The summed E-state index contributed by atoms with van der Waals surface area (Å²) in [6, 6.07) is 5.19. The Morgan fingerprint density at radius 1 is 1.38 bits per heavy atom. The summed E-state index contributed by atoms with van der Waals surface area (Å²) in [6.07, 6.45) is 6.47. The van der Waals surface area contributed by atoms with Gasteiger partial charge in [0.05, 0.1) is 0 Å². The molecular weight excluding hydrogens is 225 g/mol. The number of halogens is 2. The van der Waals surface area contributed by atoms with Crippen molar-refractivity contribution < 1.29 is 4.39 Å². The van der Waals surface area contributed by atoms with E-state index in [1.54, 1.807) is 6.07 Å². The SMILES string of the molecule is CC(NC1CC=CC1)c1ccc(F)cc1Cl. The molecule has 0 spiro atoms. The molecule has 1 atom stereocenters. The van der Waals surface area contributed by atoms with E-state index in [4.69, 9.17) is 11.6 Å². The molecule has 1 nitrogen and oxygen atoms in total. The van der Waals surface area contributed by atoms with Crippen molar-refractivity contribution in [2.75, 3.05) is 0 Å². The summed E-state index contributed by atoms with van der Waals surface area (Å²) in [7, 11) is 0. The third-order valence-electron chi connectivity index (χ3n) is 2.92. The molecule has 0 bridgehead atoms. The summed E-state index contributed by atoms with van der Waals surface area (Å²) in [5.74, 6) is -0.288.